The van der Waals surface area contributed by atoms with Crippen LogP contribution in [0.15, 0.2) is 28.7 Å². The molecular formula is C11H6BrClN2S. The van der Waals surface area contributed by atoms with Gasteiger partial charge in [-0.1, -0.05) is 39.7 Å². The molecule has 1 aromatic carbocycles. The van der Waals surface area contributed by atoms with E-state index in [1.54, 1.807) is 0 Å². The van der Waals surface area contributed by atoms with Crippen molar-refractivity contribution in [2.75, 3.05) is 0 Å². The largest absolute Gasteiger partial charge is 0.224 e. The molecule has 2 nitrogen and oxygen atoms in total. The first-order valence-electron chi connectivity index (χ1n) is 4.49. The Hall–Kier alpha value is -0.890. The lowest BCUT2D eigenvalue weighted by atomic mass is 10.2. The fourth-order valence-corrected chi connectivity index (χ4v) is 2.86. The van der Waals surface area contributed by atoms with Crippen molar-refractivity contribution in [2.45, 2.75) is 6.42 Å². The molecule has 0 radical (unpaired) electrons. The summed E-state index contributed by atoms with van der Waals surface area (Å²) >= 11 is 10.8. The minimum atomic E-state index is 0.310. The summed E-state index contributed by atoms with van der Waals surface area (Å²) in [5, 5.41) is 9.91. The van der Waals surface area contributed by atoms with Gasteiger partial charge < -0.3 is 0 Å². The molecule has 80 valence electrons. The first kappa shape index (κ1) is 11.6. The van der Waals surface area contributed by atoms with E-state index in [1.807, 2.05) is 24.3 Å². The maximum absolute atomic E-state index is 8.63. The summed E-state index contributed by atoms with van der Waals surface area (Å²) < 4.78 is 0.998. The van der Waals surface area contributed by atoms with Crippen LogP contribution in [0.25, 0.3) is 10.6 Å². The van der Waals surface area contributed by atoms with E-state index in [0.29, 0.717) is 11.6 Å². The van der Waals surface area contributed by atoms with Crippen LogP contribution < -0.4 is 0 Å². The van der Waals surface area contributed by atoms with Crippen LogP contribution in [-0.4, -0.2) is 4.98 Å². The average Bonchev–Trinajstić information content (AvgIpc) is 2.61. The molecule has 1 aromatic heterocycles. The second-order valence-electron chi connectivity index (χ2n) is 3.08. The molecule has 0 spiro atoms. The van der Waals surface area contributed by atoms with Gasteiger partial charge in [0.15, 0.2) is 0 Å². The molecule has 0 aliphatic carbocycles. The summed E-state index contributed by atoms with van der Waals surface area (Å²) in [4.78, 5) is 5.07. The minimum absolute atomic E-state index is 0.310. The zero-order valence-corrected chi connectivity index (χ0v) is 11.2. The number of thiazole rings is 1. The van der Waals surface area contributed by atoms with Crippen LogP contribution in [0.1, 0.15) is 4.88 Å². The number of halogens is 2. The Morgan fingerprint density at radius 3 is 3.00 bits per heavy atom. The number of aromatic nitrogens is 1. The van der Waals surface area contributed by atoms with Gasteiger partial charge in [-0.3, -0.25) is 0 Å². The van der Waals surface area contributed by atoms with E-state index in [2.05, 4.69) is 27.0 Å². The molecule has 0 bridgehead atoms. The van der Waals surface area contributed by atoms with Crippen molar-refractivity contribution in [1.82, 2.24) is 4.98 Å². The summed E-state index contributed by atoms with van der Waals surface area (Å²) in [7, 11) is 0. The van der Waals surface area contributed by atoms with Crippen LogP contribution in [0.4, 0.5) is 0 Å². The smallest absolute Gasteiger partial charge is 0.144 e. The van der Waals surface area contributed by atoms with Crippen molar-refractivity contribution in [3.8, 4) is 16.6 Å². The van der Waals surface area contributed by atoms with Gasteiger partial charge in [0.1, 0.15) is 10.2 Å². The van der Waals surface area contributed by atoms with Gasteiger partial charge in [0.05, 0.1) is 17.4 Å². The molecule has 0 fully saturated rings. The van der Waals surface area contributed by atoms with Gasteiger partial charge in [-0.25, -0.2) is 4.98 Å². The van der Waals surface area contributed by atoms with E-state index in [-0.39, 0.29) is 0 Å². The highest BCUT2D eigenvalue weighted by Crippen LogP contribution is 2.32. The van der Waals surface area contributed by atoms with Gasteiger partial charge >= 0.3 is 0 Å². The summed E-state index contributed by atoms with van der Waals surface area (Å²) in [6.45, 7) is 0. The second-order valence-corrected chi connectivity index (χ2v) is 5.44. The molecule has 16 heavy (non-hydrogen) atoms. The second kappa shape index (κ2) is 4.96. The molecule has 0 saturated heterocycles. The topological polar surface area (TPSA) is 36.7 Å². The molecular weight excluding hydrogens is 308 g/mol. The predicted molar refractivity (Wildman–Crippen MR) is 69.6 cm³/mol. The van der Waals surface area contributed by atoms with Crippen LogP contribution >= 0.6 is 38.9 Å². The average molecular weight is 314 g/mol. The summed E-state index contributed by atoms with van der Waals surface area (Å²) in [5.74, 6) is 0. The molecule has 0 amide bonds. The summed E-state index contributed by atoms with van der Waals surface area (Å²) in [6.07, 6.45) is 0.310. The first-order chi connectivity index (χ1) is 7.70. The van der Waals surface area contributed by atoms with Gasteiger partial charge in [0.25, 0.3) is 0 Å². The van der Waals surface area contributed by atoms with Crippen LogP contribution in [0.5, 0.6) is 0 Å². The highest BCUT2D eigenvalue weighted by Gasteiger charge is 2.10. The minimum Gasteiger partial charge on any atom is -0.224 e. The third-order valence-electron chi connectivity index (χ3n) is 1.96. The Bertz CT molecular complexity index is 559. The highest BCUT2D eigenvalue weighted by atomic mass is 79.9. The van der Waals surface area contributed by atoms with E-state index >= 15 is 0 Å². The van der Waals surface area contributed by atoms with Gasteiger partial charge in [-0.15, -0.1) is 11.3 Å². The molecule has 5 heteroatoms. The molecule has 0 N–H and O–H groups in total. The number of rotatable bonds is 2. The molecule has 0 unspecified atom stereocenters. The Morgan fingerprint density at radius 2 is 2.31 bits per heavy atom. The van der Waals surface area contributed by atoms with Crippen LogP contribution in [0, 0.1) is 11.3 Å². The Morgan fingerprint density at radius 1 is 1.50 bits per heavy atom. The van der Waals surface area contributed by atoms with Crippen molar-refractivity contribution in [2.24, 2.45) is 0 Å². The first-order valence-corrected chi connectivity index (χ1v) is 6.47. The zero-order valence-electron chi connectivity index (χ0n) is 8.08. The number of hydrogen-bond donors (Lipinski definition) is 0. The van der Waals surface area contributed by atoms with Crippen molar-refractivity contribution in [1.29, 1.82) is 5.26 Å². The third kappa shape index (κ3) is 2.43. The van der Waals surface area contributed by atoms with Gasteiger partial charge in [0, 0.05) is 10.0 Å². The van der Waals surface area contributed by atoms with Gasteiger partial charge in [0.2, 0.25) is 0 Å². The maximum atomic E-state index is 8.63. The van der Waals surface area contributed by atoms with E-state index in [4.69, 9.17) is 16.9 Å². The maximum Gasteiger partial charge on any atom is 0.144 e. The molecule has 2 rings (SSSR count). The van der Waals surface area contributed by atoms with Crippen molar-refractivity contribution in [3.63, 3.8) is 0 Å². The fourth-order valence-electron chi connectivity index (χ4n) is 1.26. The number of hydrogen-bond acceptors (Lipinski definition) is 3. The fraction of sp³-hybridized carbons (Fsp3) is 0.0909. The lowest BCUT2D eigenvalue weighted by molar-refractivity contribution is 1.28. The zero-order chi connectivity index (χ0) is 11.5. The van der Waals surface area contributed by atoms with Crippen molar-refractivity contribution in [3.05, 3.63) is 38.8 Å². The Labute approximate surface area is 111 Å². The van der Waals surface area contributed by atoms with Crippen molar-refractivity contribution >= 4 is 38.9 Å². The quantitative estimate of drug-likeness (QED) is 0.829. The Balaban J connectivity index is 2.42. The van der Waals surface area contributed by atoms with E-state index in [0.717, 1.165) is 19.9 Å². The third-order valence-corrected chi connectivity index (χ3v) is 3.98. The highest BCUT2D eigenvalue weighted by molar-refractivity contribution is 9.10. The predicted octanol–water partition coefficient (Wildman–Crippen LogP) is 4.29. The van der Waals surface area contributed by atoms with Gasteiger partial charge in [-0.2, -0.15) is 5.26 Å². The van der Waals surface area contributed by atoms with Gasteiger partial charge in [-0.05, 0) is 12.1 Å². The molecule has 0 aliphatic rings. The standard InChI is InChI=1S/C11H6BrClN2S/c12-8-3-1-2-7(6-8)11-15-10(13)9(16-11)4-5-14/h1-3,6H,4H2. The lowest BCUT2D eigenvalue weighted by Crippen LogP contribution is -1.75. The monoisotopic (exact) mass is 312 g/mol. The van der Waals surface area contributed by atoms with Crippen molar-refractivity contribution < 1.29 is 0 Å². The molecule has 0 atom stereocenters. The van der Waals surface area contributed by atoms with E-state index in [1.165, 1.54) is 11.3 Å². The van der Waals surface area contributed by atoms with E-state index < -0.39 is 0 Å². The van der Waals surface area contributed by atoms with E-state index in [9.17, 15) is 0 Å². The lowest BCUT2D eigenvalue weighted by Gasteiger charge is -1.95. The molecule has 2 aromatic rings. The number of nitrogens with zero attached hydrogens (tertiary/aromatic N) is 2. The summed E-state index contributed by atoms with van der Waals surface area (Å²) in [6, 6.07) is 9.92. The van der Waals surface area contributed by atoms with Crippen LogP contribution in [-0.2, 0) is 6.42 Å². The Kier molecular flexibility index (Phi) is 3.59. The number of nitriles is 1. The SMILES string of the molecule is N#CCc1sc(-c2cccc(Br)c2)nc1Cl. The molecule has 0 saturated carbocycles. The normalized spacial score (nSPS) is 10.1. The molecule has 0 aliphatic heterocycles. The number of benzene rings is 1. The van der Waals surface area contributed by atoms with Crippen LogP contribution in [0.3, 0.4) is 0 Å². The summed E-state index contributed by atoms with van der Waals surface area (Å²) in [5.41, 5.74) is 1.01. The van der Waals surface area contributed by atoms with Crippen LogP contribution in [0.2, 0.25) is 5.15 Å². The molecule has 1 heterocycles.